The maximum Gasteiger partial charge on any atom is 0.193 e. The molecule has 0 aromatic rings. The van der Waals surface area contributed by atoms with Gasteiger partial charge < -0.3 is 15.1 Å². The van der Waals surface area contributed by atoms with Crippen molar-refractivity contribution in [1.82, 2.24) is 15.1 Å². The molecular weight excluding hydrogens is 387 g/mol. The lowest BCUT2D eigenvalue weighted by Crippen LogP contribution is -2.41. The molecule has 1 N–H and O–H groups in total. The van der Waals surface area contributed by atoms with Gasteiger partial charge in [0.2, 0.25) is 0 Å². The molecular formula is C17H35IN4. The summed E-state index contributed by atoms with van der Waals surface area (Å²) in [4.78, 5) is 9.15. The van der Waals surface area contributed by atoms with Crippen molar-refractivity contribution >= 4 is 29.9 Å². The second-order valence-corrected chi connectivity index (χ2v) is 6.20. The SMILES string of the molecule is C=CCCCN(C)C(=NC)NCCCN1CCC(C)CC1.I. The first kappa shape index (κ1) is 21.7. The van der Waals surface area contributed by atoms with Crippen molar-refractivity contribution in [2.45, 2.75) is 39.0 Å². The van der Waals surface area contributed by atoms with Crippen molar-refractivity contribution in [2.24, 2.45) is 10.9 Å². The lowest BCUT2D eigenvalue weighted by molar-refractivity contribution is 0.191. The van der Waals surface area contributed by atoms with Gasteiger partial charge in [-0.15, -0.1) is 30.6 Å². The number of piperidine rings is 1. The molecule has 0 bridgehead atoms. The average Bonchev–Trinajstić information content (AvgIpc) is 2.49. The zero-order valence-electron chi connectivity index (χ0n) is 14.7. The van der Waals surface area contributed by atoms with Gasteiger partial charge in [-0.2, -0.15) is 0 Å². The lowest BCUT2D eigenvalue weighted by atomic mass is 9.99. The molecule has 5 heteroatoms. The van der Waals surface area contributed by atoms with Crippen molar-refractivity contribution < 1.29 is 0 Å². The van der Waals surface area contributed by atoms with E-state index in [1.165, 1.54) is 38.9 Å². The summed E-state index contributed by atoms with van der Waals surface area (Å²) < 4.78 is 0. The van der Waals surface area contributed by atoms with Gasteiger partial charge >= 0.3 is 0 Å². The highest BCUT2D eigenvalue weighted by atomic mass is 127. The van der Waals surface area contributed by atoms with E-state index in [9.17, 15) is 0 Å². The molecule has 22 heavy (non-hydrogen) atoms. The van der Waals surface area contributed by atoms with E-state index in [0.29, 0.717) is 0 Å². The normalized spacial score (nSPS) is 17.0. The Hall–Kier alpha value is -0.300. The zero-order valence-corrected chi connectivity index (χ0v) is 17.0. The van der Waals surface area contributed by atoms with E-state index in [4.69, 9.17) is 0 Å². The minimum Gasteiger partial charge on any atom is -0.356 e. The summed E-state index contributed by atoms with van der Waals surface area (Å²) in [5.74, 6) is 1.92. The van der Waals surface area contributed by atoms with Crippen LogP contribution >= 0.6 is 24.0 Å². The van der Waals surface area contributed by atoms with Crippen LogP contribution in [-0.2, 0) is 0 Å². The number of likely N-dealkylation sites (tertiary alicyclic amines) is 1. The lowest BCUT2D eigenvalue weighted by Gasteiger charge is -2.30. The Morgan fingerprint density at radius 1 is 1.36 bits per heavy atom. The summed E-state index contributed by atoms with van der Waals surface area (Å²) in [6.07, 6.45) is 8.08. The van der Waals surface area contributed by atoms with E-state index >= 15 is 0 Å². The second kappa shape index (κ2) is 13.2. The molecule has 4 nitrogen and oxygen atoms in total. The third-order valence-electron chi connectivity index (χ3n) is 4.29. The van der Waals surface area contributed by atoms with Crippen LogP contribution in [0.5, 0.6) is 0 Å². The first-order chi connectivity index (χ1) is 10.2. The zero-order chi connectivity index (χ0) is 15.5. The van der Waals surface area contributed by atoms with E-state index < -0.39 is 0 Å². The third kappa shape index (κ3) is 8.98. The highest BCUT2D eigenvalue weighted by molar-refractivity contribution is 14.0. The molecule has 1 heterocycles. The first-order valence-corrected chi connectivity index (χ1v) is 8.42. The van der Waals surface area contributed by atoms with Crippen LogP contribution in [0.2, 0.25) is 0 Å². The molecule has 1 fully saturated rings. The Bertz CT molecular complexity index is 312. The number of allylic oxidation sites excluding steroid dienone is 1. The second-order valence-electron chi connectivity index (χ2n) is 6.20. The Kier molecular flexibility index (Phi) is 13.0. The fraction of sp³-hybridized carbons (Fsp3) is 0.824. The Labute approximate surface area is 154 Å². The molecule has 0 spiro atoms. The summed E-state index contributed by atoms with van der Waals surface area (Å²) in [7, 11) is 3.96. The Balaban J connectivity index is 0.00000441. The van der Waals surface area contributed by atoms with E-state index in [2.05, 4.69) is 40.7 Å². The van der Waals surface area contributed by atoms with Crippen LogP contribution in [0.4, 0.5) is 0 Å². The van der Waals surface area contributed by atoms with Crippen LogP contribution in [0, 0.1) is 5.92 Å². The smallest absolute Gasteiger partial charge is 0.193 e. The number of guanidine groups is 1. The average molecular weight is 422 g/mol. The number of aliphatic imine (C=N–C) groups is 1. The van der Waals surface area contributed by atoms with Gasteiger partial charge in [-0.05, 0) is 57.7 Å². The minimum atomic E-state index is 0. The standard InChI is InChI=1S/C17H34N4.HI/c1-5-6-7-12-20(4)17(18-3)19-11-8-13-21-14-9-16(2)10-15-21;/h5,16H,1,6-15H2,2-4H3,(H,18,19);1H. The third-order valence-corrected chi connectivity index (χ3v) is 4.29. The summed E-state index contributed by atoms with van der Waals surface area (Å²) >= 11 is 0. The van der Waals surface area contributed by atoms with Crippen LogP contribution < -0.4 is 5.32 Å². The van der Waals surface area contributed by atoms with Gasteiger partial charge in [0.1, 0.15) is 0 Å². The molecule has 0 aromatic heterocycles. The summed E-state index contributed by atoms with van der Waals surface area (Å²) in [6.45, 7) is 11.9. The van der Waals surface area contributed by atoms with Crippen LogP contribution in [0.15, 0.2) is 17.6 Å². The van der Waals surface area contributed by atoms with Crippen LogP contribution in [0.1, 0.15) is 39.0 Å². The highest BCUT2D eigenvalue weighted by Gasteiger charge is 2.14. The van der Waals surface area contributed by atoms with E-state index in [0.717, 1.165) is 37.8 Å². The van der Waals surface area contributed by atoms with Crippen LogP contribution in [0.3, 0.4) is 0 Å². The molecule has 0 amide bonds. The number of nitrogens with one attached hydrogen (secondary N) is 1. The Morgan fingerprint density at radius 2 is 2.05 bits per heavy atom. The number of hydrogen-bond acceptors (Lipinski definition) is 2. The number of nitrogens with zero attached hydrogens (tertiary/aromatic N) is 3. The number of rotatable bonds is 8. The quantitative estimate of drug-likeness (QED) is 0.214. The molecule has 0 aliphatic carbocycles. The highest BCUT2D eigenvalue weighted by Crippen LogP contribution is 2.15. The number of halogens is 1. The molecule has 0 saturated carbocycles. The van der Waals surface area contributed by atoms with E-state index in [1.807, 2.05) is 13.1 Å². The predicted octanol–water partition coefficient (Wildman–Crippen LogP) is 3.20. The molecule has 0 aromatic carbocycles. The summed E-state index contributed by atoms with van der Waals surface area (Å²) in [5.41, 5.74) is 0. The van der Waals surface area contributed by atoms with Crippen molar-refractivity contribution in [3.63, 3.8) is 0 Å². The minimum absolute atomic E-state index is 0. The number of hydrogen-bond donors (Lipinski definition) is 1. The van der Waals surface area contributed by atoms with Gasteiger partial charge in [-0.25, -0.2) is 0 Å². The summed E-state index contributed by atoms with van der Waals surface area (Å²) in [6, 6.07) is 0. The van der Waals surface area contributed by atoms with Crippen molar-refractivity contribution in [2.75, 3.05) is 46.8 Å². The topological polar surface area (TPSA) is 30.9 Å². The maximum absolute atomic E-state index is 4.35. The predicted molar refractivity (Wildman–Crippen MR) is 108 cm³/mol. The monoisotopic (exact) mass is 422 g/mol. The van der Waals surface area contributed by atoms with Gasteiger partial charge in [-0.3, -0.25) is 4.99 Å². The van der Waals surface area contributed by atoms with Crippen molar-refractivity contribution in [3.8, 4) is 0 Å². The van der Waals surface area contributed by atoms with Gasteiger partial charge in [0.05, 0.1) is 0 Å². The van der Waals surface area contributed by atoms with Gasteiger partial charge in [0.25, 0.3) is 0 Å². The molecule has 0 radical (unpaired) electrons. The fourth-order valence-corrected chi connectivity index (χ4v) is 2.75. The number of unbranched alkanes of at least 4 members (excludes halogenated alkanes) is 1. The fourth-order valence-electron chi connectivity index (χ4n) is 2.75. The van der Waals surface area contributed by atoms with Gasteiger partial charge in [0.15, 0.2) is 5.96 Å². The van der Waals surface area contributed by atoms with E-state index in [1.54, 1.807) is 0 Å². The van der Waals surface area contributed by atoms with Crippen LogP contribution in [-0.4, -0.2) is 62.6 Å². The van der Waals surface area contributed by atoms with Gasteiger partial charge in [0, 0.05) is 27.2 Å². The van der Waals surface area contributed by atoms with Crippen LogP contribution in [0.25, 0.3) is 0 Å². The maximum atomic E-state index is 4.35. The molecule has 1 rings (SSSR count). The largest absolute Gasteiger partial charge is 0.356 e. The first-order valence-electron chi connectivity index (χ1n) is 8.42. The van der Waals surface area contributed by atoms with Crippen molar-refractivity contribution in [3.05, 3.63) is 12.7 Å². The molecule has 0 unspecified atom stereocenters. The molecule has 0 atom stereocenters. The molecule has 1 aliphatic heterocycles. The molecule has 1 aliphatic rings. The molecule has 130 valence electrons. The van der Waals surface area contributed by atoms with Crippen molar-refractivity contribution in [1.29, 1.82) is 0 Å². The van der Waals surface area contributed by atoms with E-state index in [-0.39, 0.29) is 24.0 Å². The molecule has 1 saturated heterocycles. The Morgan fingerprint density at radius 3 is 2.64 bits per heavy atom. The van der Waals surface area contributed by atoms with Gasteiger partial charge in [-0.1, -0.05) is 13.0 Å². The summed E-state index contributed by atoms with van der Waals surface area (Å²) in [5, 5.41) is 3.47.